The lowest BCUT2D eigenvalue weighted by Gasteiger charge is -2.15. The largest absolute Gasteiger partial charge is 0.462 e. The lowest BCUT2D eigenvalue weighted by atomic mass is 10.2. The molecule has 9 nitrogen and oxygen atoms in total. The van der Waals surface area contributed by atoms with Crippen molar-refractivity contribution in [3.05, 3.63) is 23.8 Å². The van der Waals surface area contributed by atoms with Crippen LogP contribution in [0.2, 0.25) is 0 Å². The maximum atomic E-state index is 12.7. The summed E-state index contributed by atoms with van der Waals surface area (Å²) in [5, 5.41) is 2.40. The van der Waals surface area contributed by atoms with Crippen molar-refractivity contribution >= 4 is 39.1 Å². The summed E-state index contributed by atoms with van der Waals surface area (Å²) >= 11 is 0. The molecule has 0 unspecified atom stereocenters. The molecule has 10 heteroatoms. The second-order valence-corrected chi connectivity index (χ2v) is 8.36. The van der Waals surface area contributed by atoms with Crippen LogP contribution in [0, 0.1) is 5.92 Å². The van der Waals surface area contributed by atoms with Gasteiger partial charge in [-0.25, -0.2) is 9.78 Å². The van der Waals surface area contributed by atoms with Gasteiger partial charge in [-0.05, 0) is 24.1 Å². The van der Waals surface area contributed by atoms with Crippen LogP contribution >= 0.6 is 0 Å². The highest BCUT2D eigenvalue weighted by molar-refractivity contribution is 7.87. The molecule has 2 aromatic rings. The molecule has 0 spiro atoms. The molecule has 0 atom stereocenters. The van der Waals surface area contributed by atoms with Gasteiger partial charge in [0.1, 0.15) is 0 Å². The van der Waals surface area contributed by atoms with E-state index in [2.05, 4.69) is 10.3 Å². The van der Waals surface area contributed by atoms with Crippen LogP contribution in [0.3, 0.4) is 0 Å². The minimum absolute atomic E-state index is 0.145. The SMILES string of the molecule is CC(=O)Nc1nc2ccc(C(=O)OCC(C)C)cc2n1S(=O)(=O)N(C)C. The number of rotatable bonds is 6. The van der Waals surface area contributed by atoms with E-state index in [1.807, 2.05) is 13.8 Å². The summed E-state index contributed by atoms with van der Waals surface area (Å²) in [6, 6.07) is 4.40. The quantitative estimate of drug-likeness (QED) is 0.757. The van der Waals surface area contributed by atoms with Gasteiger partial charge < -0.3 is 4.74 Å². The smallest absolute Gasteiger partial charge is 0.338 e. The van der Waals surface area contributed by atoms with Gasteiger partial charge in [-0.15, -0.1) is 0 Å². The van der Waals surface area contributed by atoms with Crippen LogP contribution in [0.4, 0.5) is 5.95 Å². The van der Waals surface area contributed by atoms with Gasteiger partial charge in [0.15, 0.2) is 0 Å². The number of carbonyl (C=O) groups excluding carboxylic acids is 2. The molecule has 2 rings (SSSR count). The third kappa shape index (κ3) is 4.02. The second kappa shape index (κ2) is 7.42. The van der Waals surface area contributed by atoms with Crippen LogP contribution in [-0.4, -0.2) is 54.3 Å². The average Bonchev–Trinajstić information content (AvgIpc) is 2.88. The van der Waals surface area contributed by atoms with Crippen molar-refractivity contribution in [3.63, 3.8) is 0 Å². The Bertz CT molecular complexity index is 947. The Morgan fingerprint density at radius 2 is 1.96 bits per heavy atom. The lowest BCUT2D eigenvalue weighted by Crippen LogP contribution is -2.30. The summed E-state index contributed by atoms with van der Waals surface area (Å²) in [6.07, 6.45) is 0. The fourth-order valence-corrected chi connectivity index (χ4v) is 3.17. The molecule has 0 aliphatic rings. The third-order valence-corrected chi connectivity index (χ3v) is 5.13. The number of aromatic nitrogens is 2. The number of ether oxygens (including phenoxy) is 1. The number of anilines is 1. The number of hydrogen-bond acceptors (Lipinski definition) is 6. The van der Waals surface area contributed by atoms with E-state index in [1.54, 1.807) is 0 Å². The molecule has 0 fully saturated rings. The van der Waals surface area contributed by atoms with E-state index < -0.39 is 22.1 Å². The van der Waals surface area contributed by atoms with Gasteiger partial charge in [-0.3, -0.25) is 10.1 Å². The molecule has 0 radical (unpaired) electrons. The summed E-state index contributed by atoms with van der Waals surface area (Å²) < 4.78 is 32.4. The van der Waals surface area contributed by atoms with Crippen LogP contribution in [0.1, 0.15) is 31.1 Å². The van der Waals surface area contributed by atoms with Crippen LogP contribution in [-0.2, 0) is 19.7 Å². The van der Waals surface area contributed by atoms with E-state index >= 15 is 0 Å². The molecule has 0 bridgehead atoms. The van der Waals surface area contributed by atoms with Gasteiger partial charge in [-0.2, -0.15) is 16.7 Å². The Hall–Kier alpha value is -2.46. The molecular weight excluding hydrogens is 360 g/mol. The first-order valence-corrected chi connectivity index (χ1v) is 9.34. The molecule has 1 aromatic carbocycles. The van der Waals surface area contributed by atoms with Crippen LogP contribution in [0.15, 0.2) is 18.2 Å². The maximum Gasteiger partial charge on any atom is 0.338 e. The molecule has 1 N–H and O–H groups in total. The van der Waals surface area contributed by atoms with Gasteiger partial charge >= 0.3 is 16.2 Å². The molecule has 0 saturated heterocycles. The molecule has 0 saturated carbocycles. The summed E-state index contributed by atoms with van der Waals surface area (Å²) in [4.78, 5) is 27.8. The summed E-state index contributed by atoms with van der Waals surface area (Å²) in [5.41, 5.74) is 0.684. The standard InChI is InChI=1S/C16H22N4O5S/c1-10(2)9-25-15(22)12-6-7-13-14(8-12)20(26(23,24)19(4)5)16(18-13)17-11(3)21/h6-8,10H,9H2,1-5H3,(H,17,18,21). The Kier molecular flexibility index (Phi) is 5.67. The number of nitrogens with zero attached hydrogens (tertiary/aromatic N) is 3. The number of esters is 1. The monoisotopic (exact) mass is 382 g/mol. The van der Waals surface area contributed by atoms with E-state index in [4.69, 9.17) is 4.74 Å². The van der Waals surface area contributed by atoms with Crippen molar-refractivity contribution in [3.8, 4) is 0 Å². The van der Waals surface area contributed by atoms with Crippen molar-refractivity contribution in [2.75, 3.05) is 26.0 Å². The summed E-state index contributed by atoms with van der Waals surface area (Å²) in [7, 11) is -1.26. The Balaban J connectivity index is 2.62. The zero-order chi connectivity index (χ0) is 19.6. The van der Waals surface area contributed by atoms with Crippen molar-refractivity contribution in [1.29, 1.82) is 0 Å². The summed E-state index contributed by atoms with van der Waals surface area (Å²) in [5.74, 6) is -0.994. The molecular formula is C16H22N4O5S. The van der Waals surface area contributed by atoms with Crippen molar-refractivity contribution < 1.29 is 22.7 Å². The first kappa shape index (κ1) is 19.9. The molecule has 1 heterocycles. The lowest BCUT2D eigenvalue weighted by molar-refractivity contribution is -0.114. The van der Waals surface area contributed by atoms with E-state index in [0.29, 0.717) is 5.52 Å². The number of nitrogens with one attached hydrogen (secondary N) is 1. The zero-order valence-corrected chi connectivity index (χ0v) is 16.1. The average molecular weight is 382 g/mol. The van der Waals surface area contributed by atoms with Crippen molar-refractivity contribution in [2.24, 2.45) is 5.92 Å². The molecule has 1 amide bonds. The fourth-order valence-electron chi connectivity index (χ4n) is 2.14. The van der Waals surface area contributed by atoms with Gasteiger partial charge in [0.05, 0.1) is 23.2 Å². The molecule has 1 aromatic heterocycles. The highest BCUT2D eigenvalue weighted by Crippen LogP contribution is 2.24. The normalized spacial score (nSPS) is 12.0. The maximum absolute atomic E-state index is 12.7. The van der Waals surface area contributed by atoms with Crippen molar-refractivity contribution in [2.45, 2.75) is 20.8 Å². The number of hydrogen-bond donors (Lipinski definition) is 1. The molecule has 0 aliphatic carbocycles. The predicted molar refractivity (Wildman–Crippen MR) is 97.2 cm³/mol. The fraction of sp³-hybridized carbons (Fsp3) is 0.438. The van der Waals surface area contributed by atoms with Crippen LogP contribution in [0.25, 0.3) is 11.0 Å². The molecule has 26 heavy (non-hydrogen) atoms. The Labute approximate surface area is 152 Å². The predicted octanol–water partition coefficient (Wildman–Crippen LogP) is 1.46. The van der Waals surface area contributed by atoms with Gasteiger partial charge in [-0.1, -0.05) is 13.8 Å². The Morgan fingerprint density at radius 1 is 1.31 bits per heavy atom. The van der Waals surface area contributed by atoms with Crippen molar-refractivity contribution in [1.82, 2.24) is 13.3 Å². The van der Waals surface area contributed by atoms with E-state index in [9.17, 15) is 18.0 Å². The van der Waals surface area contributed by atoms with Crippen LogP contribution < -0.4 is 5.32 Å². The topological polar surface area (TPSA) is 111 Å². The van der Waals surface area contributed by atoms with E-state index in [1.165, 1.54) is 39.2 Å². The second-order valence-electron chi connectivity index (χ2n) is 6.37. The molecule has 142 valence electrons. The highest BCUT2D eigenvalue weighted by atomic mass is 32.2. The number of imidazole rings is 1. The Morgan fingerprint density at radius 3 is 2.50 bits per heavy atom. The number of carbonyl (C=O) groups is 2. The van der Waals surface area contributed by atoms with Crippen LogP contribution in [0.5, 0.6) is 0 Å². The molecule has 0 aliphatic heterocycles. The van der Waals surface area contributed by atoms with Gasteiger partial charge in [0.2, 0.25) is 11.9 Å². The third-order valence-electron chi connectivity index (χ3n) is 3.38. The number of fused-ring (bicyclic) bond motifs is 1. The first-order valence-electron chi connectivity index (χ1n) is 7.94. The van der Waals surface area contributed by atoms with Gasteiger partial charge in [0.25, 0.3) is 0 Å². The minimum atomic E-state index is -3.98. The number of benzene rings is 1. The first-order chi connectivity index (χ1) is 12.0. The highest BCUT2D eigenvalue weighted by Gasteiger charge is 2.26. The summed E-state index contributed by atoms with van der Waals surface area (Å²) in [6.45, 7) is 5.33. The van der Waals surface area contributed by atoms with E-state index in [0.717, 1.165) is 8.28 Å². The zero-order valence-electron chi connectivity index (χ0n) is 15.3. The van der Waals surface area contributed by atoms with Gasteiger partial charge in [0, 0.05) is 21.0 Å². The minimum Gasteiger partial charge on any atom is -0.462 e. The number of amides is 1. The van der Waals surface area contributed by atoms with E-state index in [-0.39, 0.29) is 29.6 Å².